The van der Waals surface area contributed by atoms with Crippen molar-refractivity contribution in [2.45, 2.75) is 57.9 Å². The van der Waals surface area contributed by atoms with Crippen LogP contribution in [0.1, 0.15) is 52.0 Å². The van der Waals surface area contributed by atoms with E-state index >= 15 is 0 Å². The molecule has 0 bridgehead atoms. The lowest BCUT2D eigenvalue weighted by molar-refractivity contribution is -0.138. The zero-order valence-corrected chi connectivity index (χ0v) is 14.7. The third-order valence-electron chi connectivity index (χ3n) is 4.50. The van der Waals surface area contributed by atoms with Gasteiger partial charge in [-0.15, -0.1) is 0 Å². The molecule has 1 aromatic carbocycles. The van der Waals surface area contributed by atoms with Gasteiger partial charge >= 0.3 is 0 Å². The quantitative estimate of drug-likeness (QED) is 0.781. The molecule has 1 aromatic rings. The molecule has 1 atom stereocenters. The molecule has 0 aromatic heterocycles. The Morgan fingerprint density at radius 1 is 1.17 bits per heavy atom. The van der Waals surface area contributed by atoms with Crippen molar-refractivity contribution in [1.82, 2.24) is 10.2 Å². The standard InChI is InChI=1S/C19H26N2O3/c1-14(13-19(2,3)15-7-5-4-6-8-15)20-16(22)11-12-21-17(23)9-10-18(21)24/h4-8,14H,9-13H2,1-3H3,(H,20,22)/t14-/m0/s1. The van der Waals surface area contributed by atoms with Crippen molar-refractivity contribution >= 4 is 17.7 Å². The third-order valence-corrected chi connectivity index (χ3v) is 4.50. The van der Waals surface area contributed by atoms with E-state index in [9.17, 15) is 14.4 Å². The first-order valence-electron chi connectivity index (χ1n) is 8.47. The minimum atomic E-state index is -0.175. The van der Waals surface area contributed by atoms with Crippen LogP contribution in [0.3, 0.4) is 0 Å². The summed E-state index contributed by atoms with van der Waals surface area (Å²) in [6.45, 7) is 6.48. The summed E-state index contributed by atoms with van der Waals surface area (Å²) in [6.07, 6.45) is 1.50. The number of carbonyl (C=O) groups is 3. The van der Waals surface area contributed by atoms with Crippen molar-refractivity contribution < 1.29 is 14.4 Å². The van der Waals surface area contributed by atoms with E-state index in [4.69, 9.17) is 0 Å². The molecular formula is C19H26N2O3. The van der Waals surface area contributed by atoms with Crippen LogP contribution in [-0.4, -0.2) is 35.2 Å². The molecule has 1 saturated heterocycles. The van der Waals surface area contributed by atoms with Gasteiger partial charge < -0.3 is 5.32 Å². The number of nitrogens with one attached hydrogen (secondary N) is 1. The summed E-state index contributed by atoms with van der Waals surface area (Å²) in [6, 6.07) is 10.2. The van der Waals surface area contributed by atoms with Crippen LogP contribution in [0, 0.1) is 0 Å². The molecule has 0 unspecified atom stereocenters. The van der Waals surface area contributed by atoms with Crippen LogP contribution in [0.2, 0.25) is 0 Å². The van der Waals surface area contributed by atoms with Crippen molar-refractivity contribution in [3.05, 3.63) is 35.9 Å². The highest BCUT2D eigenvalue weighted by atomic mass is 16.2. The van der Waals surface area contributed by atoms with Gasteiger partial charge in [0.1, 0.15) is 0 Å². The minimum Gasteiger partial charge on any atom is -0.354 e. The number of amides is 3. The van der Waals surface area contributed by atoms with Crippen molar-refractivity contribution in [3.8, 4) is 0 Å². The summed E-state index contributed by atoms with van der Waals surface area (Å²) in [4.78, 5) is 36.4. The van der Waals surface area contributed by atoms with E-state index in [1.165, 1.54) is 10.5 Å². The number of nitrogens with zero attached hydrogens (tertiary/aromatic N) is 1. The first kappa shape index (κ1) is 18.2. The van der Waals surface area contributed by atoms with Crippen LogP contribution in [0.25, 0.3) is 0 Å². The minimum absolute atomic E-state index is 0.0117. The normalized spacial score (nSPS) is 16.4. The van der Waals surface area contributed by atoms with Crippen LogP contribution in [-0.2, 0) is 19.8 Å². The van der Waals surface area contributed by atoms with Crippen molar-refractivity contribution in [1.29, 1.82) is 0 Å². The Bertz CT molecular complexity index is 594. The van der Waals surface area contributed by atoms with Gasteiger partial charge in [-0.2, -0.15) is 0 Å². The molecule has 0 saturated carbocycles. The Labute approximate surface area is 143 Å². The molecule has 2 rings (SSSR count). The predicted molar refractivity (Wildman–Crippen MR) is 92.3 cm³/mol. The lowest BCUT2D eigenvalue weighted by Gasteiger charge is -2.29. The zero-order valence-electron chi connectivity index (χ0n) is 14.7. The van der Waals surface area contributed by atoms with Gasteiger partial charge in [-0.05, 0) is 24.3 Å². The van der Waals surface area contributed by atoms with Gasteiger partial charge in [-0.3, -0.25) is 19.3 Å². The van der Waals surface area contributed by atoms with Gasteiger partial charge in [0.05, 0.1) is 0 Å². The molecule has 1 N–H and O–H groups in total. The molecule has 0 aliphatic carbocycles. The number of benzene rings is 1. The van der Waals surface area contributed by atoms with E-state index in [0.29, 0.717) is 0 Å². The molecule has 1 aliphatic heterocycles. The van der Waals surface area contributed by atoms with Crippen LogP contribution in [0.5, 0.6) is 0 Å². The smallest absolute Gasteiger partial charge is 0.229 e. The van der Waals surface area contributed by atoms with Gasteiger partial charge in [-0.25, -0.2) is 0 Å². The number of hydrogen-bond acceptors (Lipinski definition) is 3. The second kappa shape index (κ2) is 7.60. The molecule has 1 aliphatic rings. The third kappa shape index (κ3) is 4.66. The van der Waals surface area contributed by atoms with E-state index in [-0.39, 0.29) is 55.0 Å². The lowest BCUT2D eigenvalue weighted by Crippen LogP contribution is -2.39. The van der Waals surface area contributed by atoms with E-state index < -0.39 is 0 Å². The van der Waals surface area contributed by atoms with Gasteiger partial charge in [0, 0.05) is 31.8 Å². The highest BCUT2D eigenvalue weighted by molar-refractivity contribution is 6.02. The highest BCUT2D eigenvalue weighted by Crippen LogP contribution is 2.28. The molecule has 0 radical (unpaired) electrons. The summed E-state index contributed by atoms with van der Waals surface area (Å²) < 4.78 is 0. The first-order chi connectivity index (χ1) is 11.3. The van der Waals surface area contributed by atoms with Gasteiger partial charge in [0.15, 0.2) is 0 Å². The van der Waals surface area contributed by atoms with Crippen molar-refractivity contribution in [2.24, 2.45) is 0 Å². The van der Waals surface area contributed by atoms with Gasteiger partial charge in [0.25, 0.3) is 0 Å². The molecule has 5 heteroatoms. The maximum Gasteiger partial charge on any atom is 0.229 e. The summed E-state index contributed by atoms with van der Waals surface area (Å²) in [5.41, 5.74) is 1.19. The van der Waals surface area contributed by atoms with E-state index in [1.807, 2.05) is 25.1 Å². The fourth-order valence-corrected chi connectivity index (χ4v) is 3.26. The van der Waals surface area contributed by atoms with Crippen molar-refractivity contribution in [3.63, 3.8) is 0 Å². The van der Waals surface area contributed by atoms with E-state index in [0.717, 1.165) is 6.42 Å². The molecule has 130 valence electrons. The largest absolute Gasteiger partial charge is 0.354 e. The molecule has 0 spiro atoms. The monoisotopic (exact) mass is 330 g/mol. The lowest BCUT2D eigenvalue weighted by atomic mass is 9.79. The van der Waals surface area contributed by atoms with Crippen molar-refractivity contribution in [2.75, 3.05) is 6.54 Å². The highest BCUT2D eigenvalue weighted by Gasteiger charge is 2.29. The molecule has 5 nitrogen and oxygen atoms in total. The molecule has 24 heavy (non-hydrogen) atoms. The fourth-order valence-electron chi connectivity index (χ4n) is 3.26. The Kier molecular flexibility index (Phi) is 5.75. The van der Waals surface area contributed by atoms with Crippen LogP contribution < -0.4 is 5.32 Å². The second-order valence-corrected chi connectivity index (χ2v) is 7.11. The summed E-state index contributed by atoms with van der Waals surface area (Å²) in [5.74, 6) is -0.476. The van der Waals surface area contributed by atoms with Crippen LogP contribution in [0.4, 0.5) is 0 Å². The second-order valence-electron chi connectivity index (χ2n) is 7.11. The topological polar surface area (TPSA) is 66.5 Å². The SMILES string of the molecule is C[C@@H](CC(C)(C)c1ccccc1)NC(=O)CCN1C(=O)CCC1=O. The maximum absolute atomic E-state index is 12.1. The van der Waals surface area contributed by atoms with Gasteiger partial charge in [0.2, 0.25) is 17.7 Å². The number of rotatable bonds is 7. The van der Waals surface area contributed by atoms with Crippen LogP contribution in [0.15, 0.2) is 30.3 Å². The Balaban J connectivity index is 1.81. The molecule has 1 heterocycles. The summed E-state index contributed by atoms with van der Waals surface area (Å²) in [5, 5.41) is 2.97. The number of hydrogen-bond donors (Lipinski definition) is 1. The number of carbonyl (C=O) groups excluding carboxylic acids is 3. The first-order valence-corrected chi connectivity index (χ1v) is 8.47. The zero-order chi connectivity index (χ0) is 17.7. The Morgan fingerprint density at radius 3 is 2.33 bits per heavy atom. The Hall–Kier alpha value is -2.17. The Morgan fingerprint density at radius 2 is 1.75 bits per heavy atom. The average molecular weight is 330 g/mol. The summed E-state index contributed by atoms with van der Waals surface area (Å²) in [7, 11) is 0. The predicted octanol–water partition coefficient (Wildman–Crippen LogP) is 2.40. The van der Waals surface area contributed by atoms with E-state index in [1.54, 1.807) is 0 Å². The maximum atomic E-state index is 12.1. The number of imide groups is 1. The molecular weight excluding hydrogens is 304 g/mol. The van der Waals surface area contributed by atoms with E-state index in [2.05, 4.69) is 31.3 Å². The van der Waals surface area contributed by atoms with Gasteiger partial charge in [-0.1, -0.05) is 44.2 Å². The van der Waals surface area contributed by atoms with Crippen LogP contribution >= 0.6 is 0 Å². The summed E-state index contributed by atoms with van der Waals surface area (Å²) >= 11 is 0. The average Bonchev–Trinajstić information content (AvgIpc) is 2.84. The number of likely N-dealkylation sites (tertiary alicyclic amines) is 1. The fraction of sp³-hybridized carbons (Fsp3) is 0.526. The molecule has 1 fully saturated rings. The molecule has 3 amide bonds.